The van der Waals surface area contributed by atoms with Gasteiger partial charge in [0.15, 0.2) is 0 Å². The normalized spacial score (nSPS) is 13.4. The molecule has 2 heterocycles. The predicted molar refractivity (Wildman–Crippen MR) is 73.9 cm³/mol. The minimum absolute atomic E-state index is 0.291. The molecular formula is C13H14N2O2S. The van der Waals surface area contributed by atoms with E-state index in [4.69, 9.17) is 4.74 Å². The average Bonchev–Trinajstić information content (AvgIpc) is 2.78. The van der Waals surface area contributed by atoms with Gasteiger partial charge >= 0.3 is 5.97 Å². The molecule has 0 fully saturated rings. The van der Waals surface area contributed by atoms with E-state index in [0.29, 0.717) is 5.56 Å². The maximum atomic E-state index is 11.7. The first-order valence-corrected chi connectivity index (χ1v) is 6.85. The molecule has 4 nitrogen and oxygen atoms in total. The number of hydrogen-bond donors (Lipinski definition) is 1. The van der Waals surface area contributed by atoms with Gasteiger partial charge in [0.05, 0.1) is 29.8 Å². The first kappa shape index (κ1) is 11.5. The Hall–Kier alpha value is -1.62. The molecule has 94 valence electrons. The predicted octanol–water partition coefficient (Wildman–Crippen LogP) is 3.02. The molecule has 1 aliphatic rings. The fourth-order valence-corrected chi connectivity index (χ4v) is 3.11. The number of nitrogens with one attached hydrogen (secondary N) is 1. The van der Waals surface area contributed by atoms with Crippen molar-refractivity contribution in [2.45, 2.75) is 19.2 Å². The Labute approximate surface area is 109 Å². The van der Waals surface area contributed by atoms with Gasteiger partial charge in [0.2, 0.25) is 0 Å². The second-order valence-corrected chi connectivity index (χ2v) is 5.02. The fraction of sp³-hybridized carbons (Fsp3) is 0.308. The number of benzene rings is 1. The van der Waals surface area contributed by atoms with Gasteiger partial charge in [-0.1, -0.05) is 6.92 Å². The van der Waals surface area contributed by atoms with Crippen molar-refractivity contribution in [3.05, 3.63) is 29.5 Å². The van der Waals surface area contributed by atoms with Crippen LogP contribution >= 0.6 is 11.9 Å². The summed E-state index contributed by atoms with van der Waals surface area (Å²) in [6, 6.07) is 3.79. The largest absolute Gasteiger partial charge is 0.465 e. The number of methoxy groups -OCH3 is 1. The van der Waals surface area contributed by atoms with Crippen molar-refractivity contribution in [2.75, 3.05) is 11.8 Å². The van der Waals surface area contributed by atoms with Crippen molar-refractivity contribution < 1.29 is 9.53 Å². The first-order valence-electron chi connectivity index (χ1n) is 5.86. The molecule has 5 heteroatoms. The summed E-state index contributed by atoms with van der Waals surface area (Å²) in [4.78, 5) is 11.7. The lowest BCUT2D eigenvalue weighted by atomic mass is 10.1. The number of rotatable bonds is 2. The lowest BCUT2D eigenvalue weighted by Crippen LogP contribution is -2.07. The Bertz CT molecular complexity index is 633. The van der Waals surface area contributed by atoms with E-state index in [2.05, 4.69) is 22.4 Å². The average molecular weight is 262 g/mol. The van der Waals surface area contributed by atoms with E-state index in [0.717, 1.165) is 23.4 Å². The molecule has 1 N–H and O–H groups in total. The van der Waals surface area contributed by atoms with Gasteiger partial charge in [-0.3, -0.25) is 0 Å². The molecule has 1 aromatic heterocycles. The van der Waals surface area contributed by atoms with Crippen LogP contribution in [0.15, 0.2) is 18.3 Å². The fourth-order valence-electron chi connectivity index (χ4n) is 2.39. The summed E-state index contributed by atoms with van der Waals surface area (Å²) in [7, 11) is 1.41. The van der Waals surface area contributed by atoms with Crippen LogP contribution in [0.2, 0.25) is 0 Å². The molecule has 0 saturated carbocycles. The summed E-state index contributed by atoms with van der Waals surface area (Å²) in [5.74, 6) is 0.599. The van der Waals surface area contributed by atoms with E-state index in [9.17, 15) is 4.79 Å². The second kappa shape index (κ2) is 4.24. The molecular weight excluding hydrogens is 248 g/mol. The van der Waals surface area contributed by atoms with Crippen LogP contribution in [0.1, 0.15) is 22.8 Å². The van der Waals surface area contributed by atoms with Gasteiger partial charge in [0.1, 0.15) is 0 Å². The van der Waals surface area contributed by atoms with Gasteiger partial charge in [-0.15, -0.1) is 0 Å². The van der Waals surface area contributed by atoms with Crippen LogP contribution in [-0.4, -0.2) is 17.6 Å². The summed E-state index contributed by atoms with van der Waals surface area (Å²) in [6.45, 7) is 2.13. The molecule has 0 saturated heterocycles. The highest BCUT2D eigenvalue weighted by molar-refractivity contribution is 7.99. The van der Waals surface area contributed by atoms with Gasteiger partial charge < -0.3 is 14.0 Å². The number of carbonyl (C=O) groups excluding carboxylic acids is 1. The zero-order valence-electron chi connectivity index (χ0n) is 10.3. The van der Waals surface area contributed by atoms with Gasteiger partial charge in [-0.05, 0) is 36.1 Å². The Balaban J connectivity index is 2.30. The molecule has 0 bridgehead atoms. The van der Waals surface area contributed by atoms with Crippen molar-refractivity contribution in [3.8, 4) is 0 Å². The van der Waals surface area contributed by atoms with E-state index in [-0.39, 0.29) is 5.97 Å². The summed E-state index contributed by atoms with van der Waals surface area (Å²) < 4.78 is 10.3. The summed E-state index contributed by atoms with van der Waals surface area (Å²) >= 11 is 1.62. The number of ether oxygens (including phenoxy) is 1. The number of esters is 1. The van der Waals surface area contributed by atoms with Crippen LogP contribution in [-0.2, 0) is 17.0 Å². The zero-order valence-corrected chi connectivity index (χ0v) is 11.1. The highest BCUT2D eigenvalue weighted by atomic mass is 32.2. The lowest BCUT2D eigenvalue weighted by molar-refractivity contribution is 0.0601. The topological polar surface area (TPSA) is 43.3 Å². The molecule has 0 atom stereocenters. The van der Waals surface area contributed by atoms with E-state index < -0.39 is 0 Å². The van der Waals surface area contributed by atoms with Crippen molar-refractivity contribution in [3.63, 3.8) is 0 Å². The quantitative estimate of drug-likeness (QED) is 0.667. The van der Waals surface area contributed by atoms with E-state index >= 15 is 0 Å². The Morgan fingerprint density at radius 2 is 2.39 bits per heavy atom. The van der Waals surface area contributed by atoms with Gasteiger partial charge in [-0.2, -0.15) is 0 Å². The van der Waals surface area contributed by atoms with Gasteiger partial charge in [-0.25, -0.2) is 4.79 Å². The molecule has 0 spiro atoms. The third kappa shape index (κ3) is 1.58. The second-order valence-electron chi connectivity index (χ2n) is 4.26. The van der Waals surface area contributed by atoms with Crippen LogP contribution < -0.4 is 4.72 Å². The number of carbonyl (C=O) groups is 1. The summed E-state index contributed by atoms with van der Waals surface area (Å²) in [5.41, 5.74) is 4.03. The smallest absolute Gasteiger partial charge is 0.337 e. The number of nitrogens with zero attached hydrogens (tertiary/aromatic N) is 1. The van der Waals surface area contributed by atoms with Crippen molar-refractivity contribution in [2.24, 2.45) is 0 Å². The van der Waals surface area contributed by atoms with Crippen LogP contribution in [0.5, 0.6) is 0 Å². The number of aryl methyl sites for hydroxylation is 1. The van der Waals surface area contributed by atoms with Gasteiger partial charge in [0, 0.05) is 11.6 Å². The molecule has 0 amide bonds. The third-order valence-corrected chi connectivity index (χ3v) is 4.01. The molecule has 1 aliphatic heterocycles. The molecule has 0 unspecified atom stereocenters. The molecule has 2 aromatic rings. The summed E-state index contributed by atoms with van der Waals surface area (Å²) in [6.07, 6.45) is 3.13. The molecule has 18 heavy (non-hydrogen) atoms. The molecule has 1 aromatic carbocycles. The number of hydrogen-bond acceptors (Lipinski definition) is 4. The van der Waals surface area contributed by atoms with Gasteiger partial charge in [0.25, 0.3) is 0 Å². The van der Waals surface area contributed by atoms with Crippen LogP contribution in [0, 0.1) is 0 Å². The first-order chi connectivity index (χ1) is 8.74. The third-order valence-electron chi connectivity index (χ3n) is 3.24. The summed E-state index contributed by atoms with van der Waals surface area (Å²) in [5, 5.41) is 1.14. The zero-order chi connectivity index (χ0) is 12.7. The standard InChI is InChI=1S/C13H14N2O2S/c1-3-8-6-15-7-18-14-11-5-9(13(16)17-2)4-10(8)12(11)15/h4-6,14H,3,7H2,1-2H3. The van der Waals surface area contributed by atoms with E-state index in [1.807, 2.05) is 12.1 Å². The monoisotopic (exact) mass is 262 g/mol. The van der Waals surface area contributed by atoms with Crippen molar-refractivity contribution in [1.82, 2.24) is 4.57 Å². The molecule has 3 rings (SSSR count). The number of anilines is 1. The Morgan fingerprint density at radius 3 is 3.11 bits per heavy atom. The Kier molecular flexibility index (Phi) is 2.70. The highest BCUT2D eigenvalue weighted by Gasteiger charge is 2.19. The van der Waals surface area contributed by atoms with E-state index in [1.165, 1.54) is 18.2 Å². The maximum absolute atomic E-state index is 11.7. The molecule has 0 aliphatic carbocycles. The molecule has 0 radical (unpaired) electrons. The maximum Gasteiger partial charge on any atom is 0.337 e. The van der Waals surface area contributed by atoms with E-state index in [1.54, 1.807) is 11.9 Å². The van der Waals surface area contributed by atoms with Crippen LogP contribution in [0.25, 0.3) is 10.9 Å². The van der Waals surface area contributed by atoms with Crippen molar-refractivity contribution in [1.29, 1.82) is 0 Å². The van der Waals surface area contributed by atoms with Crippen molar-refractivity contribution >= 4 is 34.5 Å². The SMILES string of the molecule is CCc1cn2c3c(cc(C(=O)OC)cc13)NSC2. The minimum atomic E-state index is -0.291. The van der Waals surface area contributed by atoms with Crippen LogP contribution in [0.3, 0.4) is 0 Å². The highest BCUT2D eigenvalue weighted by Crippen LogP contribution is 2.36. The lowest BCUT2D eigenvalue weighted by Gasteiger charge is -2.17. The van der Waals surface area contributed by atoms with Crippen LogP contribution in [0.4, 0.5) is 5.69 Å². The Morgan fingerprint density at radius 1 is 1.56 bits per heavy atom. The number of aromatic nitrogens is 1. The minimum Gasteiger partial charge on any atom is -0.465 e.